The van der Waals surface area contributed by atoms with Crippen molar-refractivity contribution in [2.45, 2.75) is 50.7 Å². The maximum atomic E-state index is 12.2. The lowest BCUT2D eigenvalue weighted by molar-refractivity contribution is -0.135. The number of hydrogen-bond donors (Lipinski definition) is 2. The molecule has 1 unspecified atom stereocenters. The van der Waals surface area contributed by atoms with Gasteiger partial charge in [0.25, 0.3) is 10.2 Å². The molecule has 1 fully saturated rings. The van der Waals surface area contributed by atoms with Crippen LogP contribution in [0.1, 0.15) is 38.5 Å². The zero-order valence-electron chi connectivity index (χ0n) is 12.2. The minimum atomic E-state index is -4.18. The SMILES string of the molecule is CNCC1CCCCN1S(=O)(=O)NCCCCC(F)(F)F. The highest BCUT2D eigenvalue weighted by Crippen LogP contribution is 2.22. The predicted molar refractivity (Wildman–Crippen MR) is 75.1 cm³/mol. The van der Waals surface area contributed by atoms with Crippen molar-refractivity contribution in [2.75, 3.05) is 26.7 Å². The molecule has 0 amide bonds. The van der Waals surface area contributed by atoms with Crippen molar-refractivity contribution in [2.24, 2.45) is 0 Å². The van der Waals surface area contributed by atoms with E-state index in [1.54, 1.807) is 7.05 Å². The van der Waals surface area contributed by atoms with Gasteiger partial charge >= 0.3 is 6.18 Å². The van der Waals surface area contributed by atoms with Crippen molar-refractivity contribution >= 4 is 10.2 Å². The van der Waals surface area contributed by atoms with E-state index >= 15 is 0 Å². The van der Waals surface area contributed by atoms with Crippen molar-refractivity contribution < 1.29 is 21.6 Å². The van der Waals surface area contributed by atoms with Crippen LogP contribution in [0.3, 0.4) is 0 Å². The second kappa shape index (κ2) is 8.30. The molecule has 0 aliphatic carbocycles. The number of nitrogens with one attached hydrogen (secondary N) is 2. The Bertz CT molecular complexity index is 399. The van der Waals surface area contributed by atoms with Gasteiger partial charge in [-0.15, -0.1) is 0 Å². The van der Waals surface area contributed by atoms with Gasteiger partial charge in [-0.05, 0) is 32.7 Å². The fourth-order valence-electron chi connectivity index (χ4n) is 2.46. The molecule has 1 aliphatic heterocycles. The molecule has 0 spiro atoms. The Morgan fingerprint density at radius 2 is 1.95 bits per heavy atom. The van der Waals surface area contributed by atoms with E-state index in [-0.39, 0.29) is 25.4 Å². The summed E-state index contributed by atoms with van der Waals surface area (Å²) in [7, 11) is -1.84. The van der Waals surface area contributed by atoms with Crippen molar-refractivity contribution in [3.8, 4) is 0 Å². The fourth-order valence-corrected chi connectivity index (χ4v) is 3.97. The van der Waals surface area contributed by atoms with Crippen LogP contribution in [0.2, 0.25) is 0 Å². The molecule has 1 atom stereocenters. The molecule has 0 saturated carbocycles. The molecule has 0 aromatic rings. The van der Waals surface area contributed by atoms with Gasteiger partial charge in [-0.2, -0.15) is 25.9 Å². The Morgan fingerprint density at radius 1 is 1.24 bits per heavy atom. The van der Waals surface area contributed by atoms with Crippen LogP contribution in [0, 0.1) is 0 Å². The number of alkyl halides is 3. The minimum Gasteiger partial charge on any atom is -0.318 e. The average Bonchev–Trinajstić information content (AvgIpc) is 2.37. The first-order chi connectivity index (χ1) is 9.76. The highest BCUT2D eigenvalue weighted by atomic mass is 32.2. The third kappa shape index (κ3) is 6.94. The Hall–Kier alpha value is -0.380. The third-order valence-electron chi connectivity index (χ3n) is 3.49. The molecule has 0 bridgehead atoms. The minimum absolute atomic E-state index is 0.0428. The monoisotopic (exact) mass is 331 g/mol. The summed E-state index contributed by atoms with van der Waals surface area (Å²) >= 11 is 0. The molecule has 2 N–H and O–H groups in total. The lowest BCUT2D eigenvalue weighted by atomic mass is 10.1. The molecule has 1 aliphatic rings. The normalized spacial score (nSPS) is 21.6. The fraction of sp³-hybridized carbons (Fsp3) is 1.00. The van der Waals surface area contributed by atoms with Crippen LogP contribution < -0.4 is 10.0 Å². The number of hydrogen-bond acceptors (Lipinski definition) is 3. The molecule has 1 saturated heterocycles. The largest absolute Gasteiger partial charge is 0.389 e. The van der Waals surface area contributed by atoms with Gasteiger partial charge < -0.3 is 5.32 Å². The summed E-state index contributed by atoms with van der Waals surface area (Å²) in [6.45, 7) is 1.08. The highest BCUT2D eigenvalue weighted by Gasteiger charge is 2.31. The van der Waals surface area contributed by atoms with Crippen molar-refractivity contribution in [1.29, 1.82) is 0 Å². The predicted octanol–water partition coefficient (Wildman–Crippen LogP) is 1.63. The number of rotatable bonds is 8. The number of halogens is 3. The first kappa shape index (κ1) is 18.7. The molecular weight excluding hydrogens is 307 g/mol. The Labute approximate surface area is 124 Å². The molecule has 9 heteroatoms. The van der Waals surface area contributed by atoms with Gasteiger partial charge in [0.1, 0.15) is 0 Å². The molecule has 0 aromatic heterocycles. The number of unbranched alkanes of at least 4 members (excludes halogenated alkanes) is 1. The van der Waals surface area contributed by atoms with E-state index in [0.717, 1.165) is 19.3 Å². The first-order valence-electron chi connectivity index (χ1n) is 7.24. The van der Waals surface area contributed by atoms with Crippen LogP contribution in [-0.4, -0.2) is 51.6 Å². The topological polar surface area (TPSA) is 61.4 Å². The number of nitrogens with zero attached hydrogens (tertiary/aromatic N) is 1. The van der Waals surface area contributed by atoms with Crippen molar-refractivity contribution in [1.82, 2.24) is 14.3 Å². The number of likely N-dealkylation sites (N-methyl/N-ethyl adjacent to an activating group) is 1. The van der Waals surface area contributed by atoms with Crippen molar-refractivity contribution in [3.63, 3.8) is 0 Å². The standard InChI is InChI=1S/C12H24F3N3O2S/c1-16-10-11-6-2-5-9-18(11)21(19,20)17-8-4-3-7-12(13,14)15/h11,16-17H,2-10H2,1H3. The highest BCUT2D eigenvalue weighted by molar-refractivity contribution is 7.87. The van der Waals surface area contributed by atoms with Gasteiger partial charge in [0.2, 0.25) is 0 Å². The average molecular weight is 331 g/mol. The third-order valence-corrected chi connectivity index (χ3v) is 5.16. The summed E-state index contributed by atoms with van der Waals surface area (Å²) in [6.07, 6.45) is -2.32. The molecule has 1 rings (SSSR count). The quantitative estimate of drug-likeness (QED) is 0.665. The smallest absolute Gasteiger partial charge is 0.318 e. The molecule has 5 nitrogen and oxygen atoms in total. The molecule has 0 aromatic carbocycles. The van der Waals surface area contributed by atoms with Crippen LogP contribution in [0.15, 0.2) is 0 Å². The van der Waals surface area contributed by atoms with E-state index < -0.39 is 22.8 Å². The maximum absolute atomic E-state index is 12.2. The molecule has 21 heavy (non-hydrogen) atoms. The zero-order chi connectivity index (χ0) is 15.9. The van der Waals surface area contributed by atoms with Gasteiger partial charge in [0.15, 0.2) is 0 Å². The Balaban J connectivity index is 2.40. The van der Waals surface area contributed by atoms with E-state index in [1.165, 1.54) is 4.31 Å². The van der Waals surface area contributed by atoms with Gasteiger partial charge in [0.05, 0.1) is 0 Å². The van der Waals surface area contributed by atoms with Gasteiger partial charge in [0, 0.05) is 32.1 Å². The van der Waals surface area contributed by atoms with E-state index in [0.29, 0.717) is 13.1 Å². The van der Waals surface area contributed by atoms with Crippen LogP contribution in [0.25, 0.3) is 0 Å². The van der Waals surface area contributed by atoms with E-state index in [9.17, 15) is 21.6 Å². The maximum Gasteiger partial charge on any atom is 0.389 e. The van der Waals surface area contributed by atoms with Crippen LogP contribution in [0.4, 0.5) is 13.2 Å². The second-order valence-corrected chi connectivity index (χ2v) is 7.00. The summed E-state index contributed by atoms with van der Waals surface area (Å²) in [5.41, 5.74) is 0. The van der Waals surface area contributed by atoms with Crippen molar-refractivity contribution in [3.05, 3.63) is 0 Å². The molecule has 126 valence electrons. The molecule has 0 radical (unpaired) electrons. The first-order valence-corrected chi connectivity index (χ1v) is 8.68. The van der Waals surface area contributed by atoms with E-state index in [2.05, 4.69) is 10.0 Å². The molecular formula is C12H24F3N3O2S. The molecule has 1 heterocycles. The van der Waals surface area contributed by atoms with Crippen LogP contribution >= 0.6 is 0 Å². The second-order valence-electron chi connectivity index (χ2n) is 5.29. The van der Waals surface area contributed by atoms with Gasteiger partial charge in [-0.25, -0.2) is 4.72 Å². The summed E-state index contributed by atoms with van der Waals surface area (Å²) < 4.78 is 64.2. The van der Waals surface area contributed by atoms with E-state index in [1.807, 2.05) is 0 Å². The van der Waals surface area contributed by atoms with Gasteiger partial charge in [-0.3, -0.25) is 0 Å². The van der Waals surface area contributed by atoms with Gasteiger partial charge in [-0.1, -0.05) is 6.42 Å². The summed E-state index contributed by atoms with van der Waals surface area (Å²) in [5, 5.41) is 2.97. The number of piperidine rings is 1. The zero-order valence-corrected chi connectivity index (χ0v) is 13.1. The summed E-state index contributed by atoms with van der Waals surface area (Å²) in [6, 6.07) is -0.0866. The lowest BCUT2D eigenvalue weighted by Crippen LogP contribution is -2.52. The van der Waals surface area contributed by atoms with Crippen LogP contribution in [0.5, 0.6) is 0 Å². The van der Waals surface area contributed by atoms with E-state index in [4.69, 9.17) is 0 Å². The lowest BCUT2D eigenvalue weighted by Gasteiger charge is -2.34. The summed E-state index contributed by atoms with van der Waals surface area (Å²) in [4.78, 5) is 0. The Morgan fingerprint density at radius 3 is 2.57 bits per heavy atom. The van der Waals surface area contributed by atoms with Crippen LogP contribution in [-0.2, 0) is 10.2 Å². The Kier molecular flexibility index (Phi) is 7.38. The summed E-state index contributed by atoms with van der Waals surface area (Å²) in [5.74, 6) is 0.